The molecule has 21 heavy (non-hydrogen) atoms. The molecule has 0 bridgehead atoms. The number of hydrogen-bond acceptors (Lipinski definition) is 3. The van der Waals surface area contributed by atoms with E-state index in [4.69, 9.17) is 22.1 Å². The minimum Gasteiger partial charge on any atom is -0.484 e. The van der Waals surface area contributed by atoms with Crippen molar-refractivity contribution < 1.29 is 9.53 Å². The van der Waals surface area contributed by atoms with Crippen LogP contribution in [-0.4, -0.2) is 12.5 Å². The van der Waals surface area contributed by atoms with Crippen molar-refractivity contribution in [1.29, 1.82) is 0 Å². The second-order valence-corrected chi connectivity index (χ2v) is 5.06. The van der Waals surface area contributed by atoms with Crippen molar-refractivity contribution in [2.24, 2.45) is 5.73 Å². The molecule has 0 atom stereocenters. The normalized spacial score (nSPS) is 10.2. The summed E-state index contributed by atoms with van der Waals surface area (Å²) in [6.45, 7) is 2.32. The van der Waals surface area contributed by atoms with Gasteiger partial charge in [-0.2, -0.15) is 0 Å². The molecule has 0 aromatic heterocycles. The lowest BCUT2D eigenvalue weighted by Crippen LogP contribution is -2.20. The number of carbonyl (C=O) groups excluding carboxylic acids is 1. The van der Waals surface area contributed by atoms with Crippen LogP contribution in [0.4, 0.5) is 5.69 Å². The highest BCUT2D eigenvalue weighted by atomic mass is 35.5. The zero-order valence-electron chi connectivity index (χ0n) is 11.7. The van der Waals surface area contributed by atoms with E-state index in [0.717, 1.165) is 11.1 Å². The molecule has 2 rings (SSSR count). The summed E-state index contributed by atoms with van der Waals surface area (Å²) in [5.41, 5.74) is 8.14. The Kier molecular flexibility index (Phi) is 5.20. The third-order valence-electron chi connectivity index (χ3n) is 2.98. The molecule has 110 valence electrons. The summed E-state index contributed by atoms with van der Waals surface area (Å²) in [6.07, 6.45) is 0. The Morgan fingerprint density at radius 2 is 1.95 bits per heavy atom. The predicted octanol–water partition coefficient (Wildman–Crippen LogP) is 3.12. The van der Waals surface area contributed by atoms with Gasteiger partial charge in [-0.3, -0.25) is 4.79 Å². The lowest BCUT2D eigenvalue weighted by Gasteiger charge is -2.09. The molecular formula is C16H17ClN2O2. The Bertz CT molecular complexity index is 627. The molecule has 0 fully saturated rings. The molecule has 0 radical (unpaired) electrons. The lowest BCUT2D eigenvalue weighted by molar-refractivity contribution is -0.118. The van der Waals surface area contributed by atoms with Crippen LogP contribution < -0.4 is 15.8 Å². The first-order chi connectivity index (χ1) is 10.1. The number of anilines is 1. The Morgan fingerprint density at radius 3 is 2.57 bits per heavy atom. The average Bonchev–Trinajstić information content (AvgIpc) is 2.49. The largest absolute Gasteiger partial charge is 0.484 e. The van der Waals surface area contributed by atoms with E-state index in [0.29, 0.717) is 23.0 Å². The van der Waals surface area contributed by atoms with Crippen LogP contribution in [0.5, 0.6) is 5.75 Å². The molecule has 0 heterocycles. The number of aryl methyl sites for hydroxylation is 1. The number of halogens is 1. The Morgan fingerprint density at radius 1 is 1.24 bits per heavy atom. The van der Waals surface area contributed by atoms with Gasteiger partial charge in [-0.1, -0.05) is 29.8 Å². The second-order valence-electron chi connectivity index (χ2n) is 4.65. The fourth-order valence-corrected chi connectivity index (χ4v) is 1.92. The van der Waals surface area contributed by atoms with Crippen molar-refractivity contribution in [3.63, 3.8) is 0 Å². The van der Waals surface area contributed by atoms with Gasteiger partial charge in [0.2, 0.25) is 0 Å². The highest BCUT2D eigenvalue weighted by Gasteiger charge is 2.05. The molecule has 1 amide bonds. The van der Waals surface area contributed by atoms with E-state index in [9.17, 15) is 4.79 Å². The molecule has 0 spiro atoms. The molecule has 4 nitrogen and oxygen atoms in total. The Balaban J connectivity index is 1.87. The van der Waals surface area contributed by atoms with Crippen LogP contribution in [0.1, 0.15) is 11.1 Å². The highest BCUT2D eigenvalue weighted by molar-refractivity contribution is 6.31. The summed E-state index contributed by atoms with van der Waals surface area (Å²) >= 11 is 6.01. The fraction of sp³-hybridized carbons (Fsp3) is 0.188. The summed E-state index contributed by atoms with van der Waals surface area (Å²) in [5.74, 6) is 0.391. The number of hydrogen-bond donors (Lipinski definition) is 2. The quantitative estimate of drug-likeness (QED) is 0.892. The fourth-order valence-electron chi connectivity index (χ4n) is 1.74. The summed E-state index contributed by atoms with van der Waals surface area (Å²) < 4.78 is 5.41. The van der Waals surface area contributed by atoms with Crippen LogP contribution in [0.15, 0.2) is 42.5 Å². The number of nitrogens with two attached hydrogens (primary N) is 1. The Hall–Kier alpha value is -2.04. The topological polar surface area (TPSA) is 64.3 Å². The van der Waals surface area contributed by atoms with Crippen molar-refractivity contribution in [1.82, 2.24) is 0 Å². The SMILES string of the molecule is Cc1ccc(NC(=O)COc2ccc(CN)cc2)cc1Cl. The number of carbonyl (C=O) groups is 1. The van der Waals surface area contributed by atoms with Crippen molar-refractivity contribution >= 4 is 23.2 Å². The minimum atomic E-state index is -0.238. The first kappa shape index (κ1) is 15.4. The van der Waals surface area contributed by atoms with E-state index in [2.05, 4.69) is 5.32 Å². The van der Waals surface area contributed by atoms with E-state index in [1.807, 2.05) is 25.1 Å². The van der Waals surface area contributed by atoms with Gasteiger partial charge in [-0.15, -0.1) is 0 Å². The van der Waals surface area contributed by atoms with Gasteiger partial charge in [0.05, 0.1) is 0 Å². The van der Waals surface area contributed by atoms with E-state index < -0.39 is 0 Å². The summed E-state index contributed by atoms with van der Waals surface area (Å²) in [7, 11) is 0. The third kappa shape index (κ3) is 4.48. The highest BCUT2D eigenvalue weighted by Crippen LogP contribution is 2.20. The van der Waals surface area contributed by atoms with Gasteiger partial charge in [-0.25, -0.2) is 0 Å². The van der Waals surface area contributed by atoms with E-state index in [1.165, 1.54) is 0 Å². The lowest BCUT2D eigenvalue weighted by atomic mass is 10.2. The molecule has 0 aliphatic heterocycles. The van der Waals surface area contributed by atoms with Gasteiger partial charge >= 0.3 is 0 Å². The average molecular weight is 305 g/mol. The maximum Gasteiger partial charge on any atom is 0.262 e. The Labute approximate surface area is 128 Å². The van der Waals surface area contributed by atoms with Gasteiger partial charge in [0.25, 0.3) is 5.91 Å². The van der Waals surface area contributed by atoms with Crippen LogP contribution in [0.3, 0.4) is 0 Å². The molecule has 2 aromatic carbocycles. The number of ether oxygens (including phenoxy) is 1. The molecule has 0 aliphatic rings. The molecule has 5 heteroatoms. The van der Waals surface area contributed by atoms with E-state index in [-0.39, 0.29) is 12.5 Å². The zero-order chi connectivity index (χ0) is 15.2. The smallest absolute Gasteiger partial charge is 0.262 e. The summed E-state index contributed by atoms with van der Waals surface area (Å²) in [6, 6.07) is 12.7. The summed E-state index contributed by atoms with van der Waals surface area (Å²) in [5, 5.41) is 3.35. The van der Waals surface area contributed by atoms with Crippen molar-refractivity contribution in [3.8, 4) is 5.75 Å². The van der Waals surface area contributed by atoms with Crippen molar-refractivity contribution in [2.75, 3.05) is 11.9 Å². The van der Waals surface area contributed by atoms with Gasteiger partial charge in [0.15, 0.2) is 6.61 Å². The molecular weight excluding hydrogens is 288 g/mol. The molecule has 0 saturated heterocycles. The first-order valence-electron chi connectivity index (χ1n) is 6.56. The molecule has 0 saturated carbocycles. The maximum atomic E-state index is 11.8. The molecule has 0 aliphatic carbocycles. The second kappa shape index (κ2) is 7.11. The van der Waals surface area contributed by atoms with Crippen molar-refractivity contribution in [2.45, 2.75) is 13.5 Å². The standard InChI is InChI=1S/C16H17ClN2O2/c1-11-2-5-13(8-15(11)17)19-16(20)10-21-14-6-3-12(9-18)4-7-14/h2-8H,9-10,18H2,1H3,(H,19,20). The van der Waals surface area contributed by atoms with Crippen LogP contribution in [0.2, 0.25) is 5.02 Å². The van der Waals surface area contributed by atoms with Gasteiger partial charge in [0, 0.05) is 17.3 Å². The summed E-state index contributed by atoms with van der Waals surface area (Å²) in [4.78, 5) is 11.8. The minimum absolute atomic E-state index is 0.0620. The maximum absolute atomic E-state index is 11.8. The van der Waals surface area contributed by atoms with Crippen LogP contribution in [0, 0.1) is 6.92 Å². The monoisotopic (exact) mass is 304 g/mol. The van der Waals surface area contributed by atoms with E-state index >= 15 is 0 Å². The first-order valence-corrected chi connectivity index (χ1v) is 6.94. The number of nitrogens with one attached hydrogen (secondary N) is 1. The van der Waals surface area contributed by atoms with Crippen molar-refractivity contribution in [3.05, 3.63) is 58.6 Å². The number of rotatable bonds is 5. The van der Waals surface area contributed by atoms with Crippen LogP contribution >= 0.6 is 11.6 Å². The third-order valence-corrected chi connectivity index (χ3v) is 3.39. The van der Waals surface area contributed by atoms with Gasteiger partial charge in [-0.05, 0) is 42.3 Å². The molecule has 2 aromatic rings. The van der Waals surface area contributed by atoms with Gasteiger partial charge in [0.1, 0.15) is 5.75 Å². The number of benzene rings is 2. The van der Waals surface area contributed by atoms with E-state index in [1.54, 1.807) is 24.3 Å². The zero-order valence-corrected chi connectivity index (χ0v) is 12.5. The van der Waals surface area contributed by atoms with Gasteiger partial charge < -0.3 is 15.8 Å². The van der Waals surface area contributed by atoms with Crippen LogP contribution in [0.25, 0.3) is 0 Å². The molecule has 0 unspecified atom stereocenters. The molecule has 3 N–H and O–H groups in total. The predicted molar refractivity (Wildman–Crippen MR) is 84.6 cm³/mol. The number of amides is 1. The van der Waals surface area contributed by atoms with Crippen LogP contribution in [-0.2, 0) is 11.3 Å².